The van der Waals surface area contributed by atoms with E-state index in [0.717, 1.165) is 11.7 Å². The number of rotatable bonds is 3. The van der Waals surface area contributed by atoms with E-state index in [4.69, 9.17) is 0 Å². The molecule has 1 aromatic carbocycles. The topological polar surface area (TPSA) is 17.1 Å². The van der Waals surface area contributed by atoms with E-state index in [-0.39, 0.29) is 17.7 Å². The summed E-state index contributed by atoms with van der Waals surface area (Å²) in [5.74, 6) is 0.300. The number of halogens is 1. The molecule has 1 rings (SSSR count). The molecule has 0 spiro atoms. The van der Waals surface area contributed by atoms with Gasteiger partial charge in [-0.15, -0.1) is 0 Å². The fraction of sp³-hybridized carbons (Fsp3) is 0.529. The molecule has 0 saturated carbocycles. The molecule has 4 heteroatoms. The van der Waals surface area contributed by atoms with Crippen molar-refractivity contribution in [3.05, 3.63) is 43.3 Å². The van der Waals surface area contributed by atoms with Crippen molar-refractivity contribution in [2.24, 2.45) is 0 Å². The number of Topliss-reactive ketones (excluding diaryl/α,β-unsaturated/α-hetero) is 1. The summed E-state index contributed by atoms with van der Waals surface area (Å²) in [6.45, 7) is 13.6. The normalized spacial score (nSPS) is 11.3. The summed E-state index contributed by atoms with van der Waals surface area (Å²) in [4.78, 5) is 12.4. The van der Waals surface area contributed by atoms with Crippen LogP contribution in [0.25, 0.3) is 0 Å². The summed E-state index contributed by atoms with van der Waals surface area (Å²) < 4.78 is 0. The third-order valence-electron chi connectivity index (χ3n) is 3.24. The van der Waals surface area contributed by atoms with Gasteiger partial charge in [-0.2, -0.15) is 0 Å². The molecule has 0 aliphatic carbocycles. The first-order valence-corrected chi connectivity index (χ1v) is 10.4. The molecule has 0 heterocycles. The van der Waals surface area contributed by atoms with Crippen LogP contribution in [-0.4, -0.2) is 22.3 Å². The van der Waals surface area contributed by atoms with Crippen LogP contribution in [0.15, 0.2) is 30.3 Å². The fourth-order valence-electron chi connectivity index (χ4n) is 2.54. The van der Waals surface area contributed by atoms with Crippen molar-refractivity contribution in [1.29, 1.82) is 0 Å². The van der Waals surface area contributed by atoms with Gasteiger partial charge in [0.05, 0.1) is 10.3 Å². The van der Waals surface area contributed by atoms with Gasteiger partial charge < -0.3 is 7.43 Å². The monoisotopic (exact) mass is 421 g/mol. The van der Waals surface area contributed by atoms with Crippen molar-refractivity contribution in [2.45, 2.75) is 51.9 Å². The standard InChI is InChI=1S/C16H25OP.CH3.ClH.Pd/c1-15(2,3)18(16(4,5)6)12-14(17)13-10-8-7-9-11-13;;;/h7-11H,12H2,1-6H3;1H3;1H;/q;-1;;+2. The van der Waals surface area contributed by atoms with Crippen LogP contribution >= 0.6 is 17.5 Å². The molecule has 0 aliphatic rings. The number of benzene rings is 1. The van der Waals surface area contributed by atoms with Crippen LogP contribution in [0.2, 0.25) is 0 Å². The number of ketones is 1. The SMILES string of the molecule is CC(C)(C)[PH+](CC(=O)c1ccccc1)C(C)(C)C.[CH3-].[Cl][Pd+]. The van der Waals surface area contributed by atoms with Gasteiger partial charge in [0.15, 0.2) is 5.78 Å². The molecule has 0 atom stereocenters. The van der Waals surface area contributed by atoms with E-state index in [9.17, 15) is 4.79 Å². The Morgan fingerprint density at radius 3 is 1.71 bits per heavy atom. The molecule has 0 unspecified atom stereocenters. The molecule has 0 radical (unpaired) electrons. The molecular weight excluding hydrogens is 393 g/mol. The molecule has 0 saturated heterocycles. The predicted molar refractivity (Wildman–Crippen MR) is 95.7 cm³/mol. The second kappa shape index (κ2) is 10.1. The molecule has 21 heavy (non-hydrogen) atoms. The van der Waals surface area contributed by atoms with Gasteiger partial charge in [0.25, 0.3) is 0 Å². The summed E-state index contributed by atoms with van der Waals surface area (Å²) in [6, 6.07) is 9.68. The third kappa shape index (κ3) is 8.47. The first kappa shape index (κ1) is 23.5. The Balaban J connectivity index is 0. The summed E-state index contributed by atoms with van der Waals surface area (Å²) in [7, 11) is 3.72. The predicted octanol–water partition coefficient (Wildman–Crippen LogP) is 5.82. The Morgan fingerprint density at radius 1 is 1.00 bits per heavy atom. The zero-order chi connectivity index (χ0) is 16.0. The van der Waals surface area contributed by atoms with Crippen LogP contribution in [-0.2, 0) is 18.2 Å². The number of carbonyl (C=O) groups excluding carboxylic acids is 1. The summed E-state index contributed by atoms with van der Waals surface area (Å²) >= 11 is 2.22. The minimum absolute atomic E-state index is 0. The quantitative estimate of drug-likeness (QED) is 0.260. The van der Waals surface area contributed by atoms with Gasteiger partial charge in [-0.1, -0.05) is 30.3 Å². The van der Waals surface area contributed by atoms with Gasteiger partial charge in [0, 0.05) is 13.5 Å². The van der Waals surface area contributed by atoms with Crippen molar-refractivity contribution >= 4 is 23.2 Å². The summed E-state index contributed by atoms with van der Waals surface area (Å²) in [6.07, 6.45) is 0.724. The van der Waals surface area contributed by atoms with E-state index in [2.05, 4.69) is 69.3 Å². The Labute approximate surface area is 147 Å². The van der Waals surface area contributed by atoms with Gasteiger partial charge in [0.1, 0.15) is 6.16 Å². The van der Waals surface area contributed by atoms with Gasteiger partial charge >= 0.3 is 27.7 Å². The van der Waals surface area contributed by atoms with Gasteiger partial charge in [0.2, 0.25) is 0 Å². The first-order chi connectivity index (χ1) is 9.12. The van der Waals surface area contributed by atoms with Crippen LogP contribution < -0.4 is 0 Å². The Kier molecular flexibility index (Phi) is 11.3. The van der Waals surface area contributed by atoms with Crippen LogP contribution in [0.3, 0.4) is 0 Å². The molecule has 0 bridgehead atoms. The molecule has 0 N–H and O–H groups in total. The number of carbonyl (C=O) groups is 1. The zero-order valence-corrected chi connectivity index (χ0v) is 17.5. The second-order valence-corrected chi connectivity index (χ2v) is 11.3. The molecular formula is C17H29ClOPPd+. The van der Waals surface area contributed by atoms with Gasteiger partial charge in [-0.3, -0.25) is 4.79 Å². The maximum atomic E-state index is 12.4. The van der Waals surface area contributed by atoms with Crippen LogP contribution in [0.5, 0.6) is 0 Å². The summed E-state index contributed by atoms with van der Waals surface area (Å²) in [5, 5.41) is 0.487. The minimum atomic E-state index is -0.771. The van der Waals surface area contributed by atoms with Crippen molar-refractivity contribution in [2.75, 3.05) is 6.16 Å². The van der Waals surface area contributed by atoms with E-state index in [1.165, 1.54) is 0 Å². The van der Waals surface area contributed by atoms with E-state index in [1.54, 1.807) is 0 Å². The molecule has 124 valence electrons. The number of hydrogen-bond acceptors (Lipinski definition) is 1. The molecule has 1 aromatic rings. The van der Waals surface area contributed by atoms with Crippen LogP contribution in [0, 0.1) is 7.43 Å². The van der Waals surface area contributed by atoms with E-state index in [0.29, 0.717) is 5.78 Å². The Bertz CT molecular complexity index is 393. The Morgan fingerprint density at radius 2 is 1.38 bits per heavy atom. The second-order valence-electron chi connectivity index (χ2n) is 6.94. The van der Waals surface area contributed by atoms with Crippen molar-refractivity contribution in [1.82, 2.24) is 0 Å². The Hall–Kier alpha value is 0.272. The van der Waals surface area contributed by atoms with Crippen molar-refractivity contribution < 1.29 is 23.0 Å². The number of hydrogen-bond donors (Lipinski definition) is 0. The average molecular weight is 422 g/mol. The van der Waals surface area contributed by atoms with E-state index in [1.807, 2.05) is 30.3 Å². The van der Waals surface area contributed by atoms with E-state index >= 15 is 0 Å². The third-order valence-corrected chi connectivity index (χ3v) is 7.54. The molecule has 0 amide bonds. The van der Waals surface area contributed by atoms with Crippen molar-refractivity contribution in [3.63, 3.8) is 0 Å². The van der Waals surface area contributed by atoms with Crippen molar-refractivity contribution in [3.8, 4) is 0 Å². The average Bonchev–Trinajstić information content (AvgIpc) is 2.36. The van der Waals surface area contributed by atoms with E-state index < -0.39 is 7.92 Å². The fourth-order valence-corrected chi connectivity index (χ4v) is 6.38. The summed E-state index contributed by atoms with van der Waals surface area (Å²) in [5.41, 5.74) is 0.855. The van der Waals surface area contributed by atoms with Crippen LogP contribution in [0.1, 0.15) is 51.9 Å². The van der Waals surface area contributed by atoms with Gasteiger partial charge in [-0.05, 0) is 41.5 Å². The van der Waals surface area contributed by atoms with Crippen LogP contribution in [0.4, 0.5) is 0 Å². The van der Waals surface area contributed by atoms with Gasteiger partial charge in [-0.25, -0.2) is 0 Å². The molecule has 1 nitrogen and oxygen atoms in total. The molecule has 0 aliphatic heterocycles. The molecule has 0 aromatic heterocycles. The first-order valence-electron chi connectivity index (χ1n) is 6.69. The zero-order valence-electron chi connectivity index (χ0n) is 14.2. The molecule has 0 fully saturated rings. The maximum absolute atomic E-state index is 12.4.